The van der Waals surface area contributed by atoms with Crippen LogP contribution in [0.25, 0.3) is 0 Å². The van der Waals surface area contributed by atoms with Crippen molar-refractivity contribution in [3.05, 3.63) is 29.8 Å². The second-order valence-corrected chi connectivity index (χ2v) is 7.72. The van der Waals surface area contributed by atoms with Gasteiger partial charge in [0.1, 0.15) is 23.9 Å². The number of hydrogen-bond acceptors (Lipinski definition) is 8. The Hall–Kier alpha value is -3.32. The molecule has 33 heavy (non-hydrogen) atoms. The molecule has 4 atom stereocenters. The van der Waals surface area contributed by atoms with Crippen molar-refractivity contribution < 1.29 is 34.2 Å². The number of nitrogens with one attached hydrogen (secondary N) is 3. The zero-order valence-electron chi connectivity index (χ0n) is 18.0. The quantitative estimate of drug-likeness (QED) is 0.147. The average molecular weight is 484 g/mol. The Morgan fingerprint density at radius 1 is 0.970 bits per heavy atom. The van der Waals surface area contributed by atoms with E-state index in [1.807, 2.05) is 0 Å². The summed E-state index contributed by atoms with van der Waals surface area (Å²) in [4.78, 5) is 59.6. The number of carboxylic acids is 1. The third kappa shape index (κ3) is 9.78. The van der Waals surface area contributed by atoms with Gasteiger partial charge in [0.05, 0.1) is 6.04 Å². The number of thiol groups is 1. The zero-order valence-corrected chi connectivity index (χ0v) is 18.9. The van der Waals surface area contributed by atoms with E-state index >= 15 is 0 Å². The number of nitrogens with two attached hydrogens (primary N) is 2. The molecule has 0 heterocycles. The summed E-state index contributed by atoms with van der Waals surface area (Å²) in [5.74, 6) is -4.30. The second kappa shape index (κ2) is 13.3. The molecule has 0 saturated heterocycles. The number of carboxylic acid groups (broad SMARTS) is 1. The smallest absolute Gasteiger partial charge is 0.327 e. The van der Waals surface area contributed by atoms with Crippen LogP contribution in [0, 0.1) is 0 Å². The Balaban J connectivity index is 2.79. The molecule has 0 radical (unpaired) electrons. The Kier molecular flexibility index (Phi) is 11.2. The van der Waals surface area contributed by atoms with Crippen LogP contribution < -0.4 is 27.4 Å². The van der Waals surface area contributed by atoms with Crippen LogP contribution >= 0.6 is 12.6 Å². The Labute approximate surface area is 195 Å². The fourth-order valence-electron chi connectivity index (χ4n) is 2.67. The molecule has 0 aliphatic heterocycles. The maximum atomic E-state index is 12.7. The number of aromatic hydroxyl groups is 1. The van der Waals surface area contributed by atoms with Crippen LogP contribution in [0.3, 0.4) is 0 Å². The summed E-state index contributed by atoms with van der Waals surface area (Å²) in [6.45, 7) is 1.33. The van der Waals surface area contributed by atoms with Crippen molar-refractivity contribution in [1.29, 1.82) is 0 Å². The SMILES string of the molecule is CC(NC(=O)C(CCC(N)=O)NC(=O)C(N)Cc1ccc(O)cc1)C(=O)NC(CS)C(=O)O. The van der Waals surface area contributed by atoms with Crippen LogP contribution in [-0.4, -0.2) is 69.7 Å². The fraction of sp³-hybridized carbons (Fsp3) is 0.450. The molecule has 0 bridgehead atoms. The van der Waals surface area contributed by atoms with Gasteiger partial charge in [-0.25, -0.2) is 4.79 Å². The summed E-state index contributed by atoms with van der Waals surface area (Å²) in [6, 6.07) is 1.43. The van der Waals surface area contributed by atoms with E-state index < -0.39 is 53.8 Å². The van der Waals surface area contributed by atoms with E-state index in [2.05, 4.69) is 28.6 Å². The molecule has 4 unspecified atom stereocenters. The molecule has 1 rings (SSSR count). The third-order valence-corrected chi connectivity index (χ3v) is 4.96. The number of phenolic OH excluding ortho intramolecular Hbond substituents is 1. The summed E-state index contributed by atoms with van der Waals surface area (Å²) in [6.07, 6.45) is -0.232. The van der Waals surface area contributed by atoms with Crippen molar-refractivity contribution in [2.24, 2.45) is 11.5 Å². The lowest BCUT2D eigenvalue weighted by Crippen LogP contribution is -2.56. The van der Waals surface area contributed by atoms with Gasteiger partial charge in [0.15, 0.2) is 0 Å². The third-order valence-electron chi connectivity index (χ3n) is 4.59. The predicted octanol–water partition coefficient (Wildman–Crippen LogP) is -1.98. The number of primary amides is 1. The fourth-order valence-corrected chi connectivity index (χ4v) is 2.92. The number of phenols is 1. The number of hydrogen-bond donors (Lipinski definition) is 8. The standard InChI is InChI=1S/C20H29N5O7S/c1-10(17(28)25-15(9-33)20(31)32)23-19(30)14(6-7-16(22)27)24-18(29)13(21)8-11-2-4-12(26)5-3-11/h2-5,10,13-15,26,33H,6-9,21H2,1H3,(H2,22,27)(H,23,30)(H,24,29)(H,25,28)(H,31,32). The van der Waals surface area contributed by atoms with E-state index in [-0.39, 0.29) is 30.8 Å². The highest BCUT2D eigenvalue weighted by molar-refractivity contribution is 7.80. The summed E-state index contributed by atoms with van der Waals surface area (Å²) in [5.41, 5.74) is 11.7. The van der Waals surface area contributed by atoms with Crippen molar-refractivity contribution in [1.82, 2.24) is 16.0 Å². The first kappa shape index (κ1) is 27.7. The first-order valence-corrected chi connectivity index (χ1v) is 10.6. The lowest BCUT2D eigenvalue weighted by atomic mass is 10.0. The van der Waals surface area contributed by atoms with Gasteiger partial charge in [0, 0.05) is 12.2 Å². The van der Waals surface area contributed by atoms with E-state index in [0.29, 0.717) is 5.56 Å². The monoisotopic (exact) mass is 483 g/mol. The van der Waals surface area contributed by atoms with E-state index in [9.17, 15) is 29.1 Å². The summed E-state index contributed by atoms with van der Waals surface area (Å²) >= 11 is 3.85. The molecule has 182 valence electrons. The lowest BCUT2D eigenvalue weighted by Gasteiger charge is -2.23. The minimum atomic E-state index is -1.29. The van der Waals surface area contributed by atoms with Gasteiger partial charge in [-0.1, -0.05) is 12.1 Å². The lowest BCUT2D eigenvalue weighted by molar-refractivity contribution is -0.141. The van der Waals surface area contributed by atoms with Gasteiger partial charge >= 0.3 is 5.97 Å². The van der Waals surface area contributed by atoms with Crippen LogP contribution in [0.4, 0.5) is 0 Å². The van der Waals surface area contributed by atoms with Crippen molar-refractivity contribution in [3.63, 3.8) is 0 Å². The maximum Gasteiger partial charge on any atom is 0.327 e. The molecule has 0 aromatic heterocycles. The van der Waals surface area contributed by atoms with E-state index in [0.717, 1.165) is 0 Å². The van der Waals surface area contributed by atoms with Crippen molar-refractivity contribution in [2.75, 3.05) is 5.75 Å². The number of amides is 4. The maximum absolute atomic E-state index is 12.7. The molecule has 12 nitrogen and oxygen atoms in total. The normalized spacial score (nSPS) is 14.3. The van der Waals surface area contributed by atoms with Gasteiger partial charge in [-0.2, -0.15) is 12.6 Å². The molecule has 13 heteroatoms. The van der Waals surface area contributed by atoms with Gasteiger partial charge in [0.2, 0.25) is 23.6 Å². The molecular formula is C20H29N5O7S. The average Bonchev–Trinajstić information content (AvgIpc) is 2.75. The molecule has 0 aliphatic rings. The van der Waals surface area contributed by atoms with E-state index in [4.69, 9.17) is 16.6 Å². The largest absolute Gasteiger partial charge is 0.508 e. The number of carbonyl (C=O) groups excluding carboxylic acids is 4. The van der Waals surface area contributed by atoms with Crippen molar-refractivity contribution in [3.8, 4) is 5.75 Å². The van der Waals surface area contributed by atoms with Crippen LogP contribution in [0.5, 0.6) is 5.75 Å². The van der Waals surface area contributed by atoms with Crippen LogP contribution in [0.1, 0.15) is 25.3 Å². The first-order valence-electron chi connectivity index (χ1n) is 10.0. The first-order chi connectivity index (χ1) is 15.4. The van der Waals surface area contributed by atoms with Crippen molar-refractivity contribution >= 4 is 42.2 Å². The molecule has 9 N–H and O–H groups in total. The van der Waals surface area contributed by atoms with Gasteiger partial charge < -0.3 is 37.6 Å². The molecule has 1 aromatic carbocycles. The minimum absolute atomic E-state index is 0.0576. The van der Waals surface area contributed by atoms with Crippen molar-refractivity contribution in [2.45, 2.75) is 50.4 Å². The second-order valence-electron chi connectivity index (χ2n) is 7.36. The van der Waals surface area contributed by atoms with Crippen LogP contribution in [0.2, 0.25) is 0 Å². The highest BCUT2D eigenvalue weighted by Gasteiger charge is 2.28. The van der Waals surface area contributed by atoms with Gasteiger partial charge in [-0.15, -0.1) is 0 Å². The highest BCUT2D eigenvalue weighted by atomic mass is 32.1. The molecule has 1 aromatic rings. The number of benzene rings is 1. The zero-order chi connectivity index (χ0) is 25.1. The van der Waals surface area contributed by atoms with Gasteiger partial charge in [-0.05, 0) is 37.5 Å². The molecule has 0 saturated carbocycles. The van der Waals surface area contributed by atoms with Gasteiger partial charge in [-0.3, -0.25) is 19.2 Å². The topological polar surface area (TPSA) is 214 Å². The minimum Gasteiger partial charge on any atom is -0.508 e. The Bertz CT molecular complexity index is 865. The van der Waals surface area contributed by atoms with E-state index in [1.165, 1.54) is 19.1 Å². The molecule has 0 fully saturated rings. The number of carbonyl (C=O) groups is 5. The summed E-state index contributed by atoms with van der Waals surface area (Å²) in [7, 11) is 0. The predicted molar refractivity (Wildman–Crippen MR) is 121 cm³/mol. The molecular weight excluding hydrogens is 454 g/mol. The van der Waals surface area contributed by atoms with Crippen LogP contribution in [-0.2, 0) is 30.4 Å². The summed E-state index contributed by atoms with van der Waals surface area (Å²) < 4.78 is 0. The Morgan fingerprint density at radius 2 is 1.55 bits per heavy atom. The van der Waals surface area contributed by atoms with Crippen LogP contribution in [0.15, 0.2) is 24.3 Å². The molecule has 0 spiro atoms. The number of aliphatic carboxylic acids is 1. The summed E-state index contributed by atoms with van der Waals surface area (Å²) in [5, 5.41) is 25.4. The Morgan fingerprint density at radius 3 is 2.06 bits per heavy atom. The molecule has 0 aliphatic carbocycles. The van der Waals surface area contributed by atoms with Gasteiger partial charge in [0.25, 0.3) is 0 Å². The number of rotatable bonds is 13. The highest BCUT2D eigenvalue weighted by Crippen LogP contribution is 2.11. The van der Waals surface area contributed by atoms with E-state index in [1.54, 1.807) is 12.1 Å². The molecule has 4 amide bonds.